The van der Waals surface area contributed by atoms with E-state index in [1.165, 1.54) is 23.9 Å². The number of imidazole rings is 1. The van der Waals surface area contributed by atoms with E-state index in [1.54, 1.807) is 30.3 Å². The number of Topliss-reactive ketones (excluding diaryl/α,β-unsaturated/α-hetero) is 1. The van der Waals surface area contributed by atoms with E-state index < -0.39 is 23.3 Å². The summed E-state index contributed by atoms with van der Waals surface area (Å²) >= 11 is 7.13. The van der Waals surface area contributed by atoms with Gasteiger partial charge in [0.1, 0.15) is 17.3 Å². The van der Waals surface area contributed by atoms with Gasteiger partial charge in [0, 0.05) is 29.1 Å². The molecule has 2 aliphatic heterocycles. The molecule has 0 aliphatic carbocycles. The normalized spacial score (nSPS) is 17.5. The molecule has 1 unspecified atom stereocenters. The number of fused-ring (bicyclic) bond motifs is 2. The van der Waals surface area contributed by atoms with Crippen molar-refractivity contribution in [3.05, 3.63) is 69.6 Å². The third-order valence-electron chi connectivity index (χ3n) is 6.53. The van der Waals surface area contributed by atoms with Crippen molar-refractivity contribution in [2.75, 3.05) is 25.0 Å². The number of carbonyl (C=O) groups is 2. The number of H-pyrrole nitrogens is 2. The minimum absolute atomic E-state index is 0.00100. The summed E-state index contributed by atoms with van der Waals surface area (Å²) in [5.41, 5.74) is 3.17. The number of carbonyl (C=O) groups excluding carboxylic acids is 2. The van der Waals surface area contributed by atoms with Crippen LogP contribution in [0.2, 0.25) is 5.02 Å². The lowest BCUT2D eigenvalue weighted by atomic mass is 9.81. The van der Waals surface area contributed by atoms with Crippen molar-refractivity contribution >= 4 is 51.8 Å². The molecule has 0 saturated carbocycles. The Hall–Kier alpha value is -3.58. The van der Waals surface area contributed by atoms with Gasteiger partial charge in [-0.15, -0.1) is 0 Å². The van der Waals surface area contributed by atoms with Crippen molar-refractivity contribution in [1.82, 2.24) is 20.0 Å². The third-order valence-corrected chi connectivity index (χ3v) is 7.63. The quantitative estimate of drug-likeness (QED) is 0.228. The van der Waals surface area contributed by atoms with Crippen LogP contribution in [0, 0.1) is 5.82 Å². The minimum Gasteiger partial charge on any atom is -0.461 e. The summed E-state index contributed by atoms with van der Waals surface area (Å²) in [7, 11) is 0. The number of furan rings is 1. The first-order valence-corrected chi connectivity index (χ1v) is 14.2. The molecule has 0 fully saturated rings. The molecule has 5 heterocycles. The molecular weight excluding hydrogens is 573 g/mol. The Morgan fingerprint density at radius 3 is 2.85 bits per heavy atom. The number of benzene rings is 1. The second-order valence-electron chi connectivity index (χ2n) is 10.7. The smallest absolute Gasteiger partial charge is 0.356 e. The maximum absolute atomic E-state index is 13.9. The van der Waals surface area contributed by atoms with Gasteiger partial charge in [0.2, 0.25) is 0 Å². The molecular formula is C28H27ClFN5O5S. The fourth-order valence-electron chi connectivity index (χ4n) is 5.06. The van der Waals surface area contributed by atoms with E-state index in [4.69, 9.17) is 25.6 Å². The number of rotatable bonds is 6. The van der Waals surface area contributed by atoms with Crippen LogP contribution in [-0.4, -0.2) is 57.1 Å². The number of halogens is 2. The van der Waals surface area contributed by atoms with Crippen LogP contribution in [0.3, 0.4) is 0 Å². The summed E-state index contributed by atoms with van der Waals surface area (Å²) in [5.74, 6) is -1.25. The van der Waals surface area contributed by atoms with E-state index in [0.29, 0.717) is 56.1 Å². The number of hydrogen-bond acceptors (Lipinski definition) is 9. The Morgan fingerprint density at radius 1 is 1.29 bits per heavy atom. The summed E-state index contributed by atoms with van der Waals surface area (Å²) in [6, 6.07) is 6.33. The molecule has 6 rings (SSSR count). The van der Waals surface area contributed by atoms with Crippen molar-refractivity contribution in [2.45, 2.75) is 49.5 Å². The van der Waals surface area contributed by atoms with Crippen molar-refractivity contribution in [3.8, 4) is 0 Å². The van der Waals surface area contributed by atoms with Crippen LogP contribution in [0.1, 0.15) is 55.4 Å². The second kappa shape index (κ2) is 10.4. The molecule has 0 spiro atoms. The summed E-state index contributed by atoms with van der Waals surface area (Å²) in [4.78, 5) is 42.9. The van der Waals surface area contributed by atoms with Crippen LogP contribution in [0.5, 0.6) is 0 Å². The molecule has 214 valence electrons. The largest absolute Gasteiger partial charge is 0.461 e. The molecule has 0 saturated heterocycles. The first-order valence-electron chi connectivity index (χ1n) is 13.0. The summed E-state index contributed by atoms with van der Waals surface area (Å²) < 4.78 is 25.4. The van der Waals surface area contributed by atoms with Gasteiger partial charge in [0.15, 0.2) is 16.0 Å². The van der Waals surface area contributed by atoms with Crippen molar-refractivity contribution in [3.63, 3.8) is 0 Å². The van der Waals surface area contributed by atoms with Gasteiger partial charge >= 0.3 is 5.97 Å². The molecule has 41 heavy (non-hydrogen) atoms. The first kappa shape index (κ1) is 27.6. The van der Waals surface area contributed by atoms with Crippen LogP contribution in [0.25, 0.3) is 11.0 Å². The molecule has 3 aromatic heterocycles. The summed E-state index contributed by atoms with van der Waals surface area (Å²) in [5, 5.41) is 5.92. The van der Waals surface area contributed by atoms with Gasteiger partial charge in [0.05, 0.1) is 53.0 Å². The van der Waals surface area contributed by atoms with E-state index in [-0.39, 0.29) is 29.7 Å². The van der Waals surface area contributed by atoms with Crippen LogP contribution in [0.4, 0.5) is 10.1 Å². The van der Waals surface area contributed by atoms with Gasteiger partial charge in [-0.1, -0.05) is 11.6 Å². The number of nitrogens with zero attached hydrogens (tertiary/aromatic N) is 2. The topological polar surface area (TPSA) is 125 Å². The number of ketones is 1. The zero-order valence-electron chi connectivity index (χ0n) is 22.7. The van der Waals surface area contributed by atoms with E-state index in [0.717, 1.165) is 0 Å². The highest BCUT2D eigenvalue weighted by Gasteiger charge is 2.42. The highest BCUT2D eigenvalue weighted by Crippen LogP contribution is 2.46. The molecule has 0 bridgehead atoms. The molecule has 0 amide bonds. The SMILES string of the molecule is CCOC(=O)c1[nH]cc2c1NC1=C(C(=O)CN(OC(C)(C)C)C1)C2c1ccc(Sc2nc3cc(F)c(Cl)cc3[nH]2)o1. The fourth-order valence-corrected chi connectivity index (χ4v) is 5.99. The van der Waals surface area contributed by atoms with E-state index in [1.807, 2.05) is 20.8 Å². The number of ether oxygens (including phenoxy) is 1. The third kappa shape index (κ3) is 5.28. The maximum Gasteiger partial charge on any atom is 0.356 e. The number of nitrogens with one attached hydrogen (secondary N) is 3. The van der Waals surface area contributed by atoms with Gasteiger partial charge in [-0.05, 0) is 57.7 Å². The van der Waals surface area contributed by atoms with Crippen LogP contribution >= 0.6 is 23.4 Å². The fraction of sp³-hybridized carbons (Fsp3) is 0.321. The molecule has 4 aromatic rings. The number of aromatic nitrogens is 3. The van der Waals surface area contributed by atoms with E-state index >= 15 is 0 Å². The standard InChI is InChI=1S/C28H27ClFN5O5S/c1-5-38-26(37)25-24-13(10-31-25)22(23-18(32-24)11-35(12-19(23)36)40-28(2,3)4)20-6-7-21(39-20)41-27-33-16-8-14(29)15(30)9-17(16)34-27/h6-10,22,31-32H,5,11-12H2,1-4H3,(H,33,34). The number of hydrogen-bond donors (Lipinski definition) is 3. The Labute approximate surface area is 243 Å². The van der Waals surface area contributed by atoms with Gasteiger partial charge in [-0.3, -0.25) is 9.63 Å². The van der Waals surface area contributed by atoms with Crippen molar-refractivity contribution < 1.29 is 28.0 Å². The van der Waals surface area contributed by atoms with Crippen LogP contribution in [0.15, 0.2) is 56.4 Å². The zero-order valence-corrected chi connectivity index (χ0v) is 24.3. The maximum atomic E-state index is 13.9. The van der Waals surface area contributed by atoms with E-state index in [9.17, 15) is 14.0 Å². The highest BCUT2D eigenvalue weighted by molar-refractivity contribution is 7.99. The van der Waals surface area contributed by atoms with Gasteiger partial charge in [-0.2, -0.15) is 5.06 Å². The van der Waals surface area contributed by atoms with Gasteiger partial charge in [-0.25, -0.2) is 14.2 Å². The van der Waals surface area contributed by atoms with Crippen molar-refractivity contribution in [2.24, 2.45) is 0 Å². The lowest BCUT2D eigenvalue weighted by molar-refractivity contribution is -0.223. The van der Waals surface area contributed by atoms with Crippen molar-refractivity contribution in [1.29, 1.82) is 0 Å². The Morgan fingerprint density at radius 2 is 2.10 bits per heavy atom. The van der Waals surface area contributed by atoms with Crippen LogP contribution in [-0.2, 0) is 14.4 Å². The van der Waals surface area contributed by atoms with E-state index in [2.05, 4.69) is 20.3 Å². The average Bonchev–Trinajstić information content (AvgIpc) is 3.61. The molecule has 3 N–H and O–H groups in total. The average molecular weight is 600 g/mol. The zero-order chi connectivity index (χ0) is 29.1. The van der Waals surface area contributed by atoms with Gasteiger partial charge < -0.3 is 24.4 Å². The lowest BCUT2D eigenvalue weighted by Crippen LogP contribution is -2.45. The molecule has 13 heteroatoms. The highest BCUT2D eigenvalue weighted by atomic mass is 35.5. The Balaban J connectivity index is 1.37. The molecule has 0 radical (unpaired) electrons. The summed E-state index contributed by atoms with van der Waals surface area (Å²) in [6.45, 7) is 8.07. The molecule has 10 nitrogen and oxygen atoms in total. The second-order valence-corrected chi connectivity index (χ2v) is 12.1. The predicted molar refractivity (Wildman–Crippen MR) is 151 cm³/mol. The van der Waals surface area contributed by atoms with Crippen LogP contribution < -0.4 is 5.32 Å². The molecule has 2 aliphatic rings. The number of aromatic amines is 2. The number of anilines is 1. The predicted octanol–water partition coefficient (Wildman–Crippen LogP) is 6.03. The molecule has 1 aromatic carbocycles. The lowest BCUT2D eigenvalue weighted by Gasteiger charge is -2.38. The van der Waals surface area contributed by atoms with Gasteiger partial charge in [0.25, 0.3) is 0 Å². The number of esters is 1. The Bertz CT molecular complexity index is 1680. The molecule has 1 atom stereocenters. The Kier molecular flexibility index (Phi) is 6.97. The summed E-state index contributed by atoms with van der Waals surface area (Å²) in [6.07, 6.45) is 1.70. The first-order chi connectivity index (χ1) is 19.5. The minimum atomic E-state index is -0.581. The monoisotopic (exact) mass is 599 g/mol. The number of hydroxylamine groups is 2.